The molecule has 0 radical (unpaired) electrons. The molecule has 0 atom stereocenters. The summed E-state index contributed by atoms with van der Waals surface area (Å²) in [4.78, 5) is 34.0. The highest BCUT2D eigenvalue weighted by Crippen LogP contribution is 2.33. The van der Waals surface area contributed by atoms with Crippen molar-refractivity contribution >= 4 is 28.6 Å². The fraction of sp³-hybridized carbons (Fsp3) is 0.391. The number of carbonyl (C=O) groups is 2. The first-order chi connectivity index (χ1) is 14.9. The van der Waals surface area contributed by atoms with E-state index in [1.54, 1.807) is 17.8 Å². The van der Waals surface area contributed by atoms with Crippen LogP contribution < -0.4 is 4.90 Å². The number of piperazine rings is 1. The average Bonchev–Trinajstić information content (AvgIpc) is 3.07. The van der Waals surface area contributed by atoms with E-state index < -0.39 is 5.97 Å². The van der Waals surface area contributed by atoms with Gasteiger partial charge in [0.2, 0.25) is 0 Å². The Morgan fingerprint density at radius 2 is 1.74 bits per heavy atom. The summed E-state index contributed by atoms with van der Waals surface area (Å²) in [6, 6.07) is 7.64. The summed E-state index contributed by atoms with van der Waals surface area (Å²) in [7, 11) is 1.84. The highest BCUT2D eigenvalue weighted by atomic mass is 16.5. The Balaban J connectivity index is 1.63. The first-order valence-corrected chi connectivity index (χ1v) is 10.5. The zero-order valence-corrected chi connectivity index (χ0v) is 18.4. The maximum Gasteiger partial charge on any atom is 0.341 e. The quantitative estimate of drug-likeness (QED) is 0.603. The van der Waals surface area contributed by atoms with Crippen LogP contribution in [-0.4, -0.2) is 64.3 Å². The molecule has 3 aromatic rings. The minimum atomic E-state index is -0.395. The second kappa shape index (κ2) is 8.37. The maximum atomic E-state index is 12.9. The molecule has 0 aliphatic carbocycles. The molecule has 31 heavy (non-hydrogen) atoms. The van der Waals surface area contributed by atoms with Gasteiger partial charge in [-0.15, -0.1) is 0 Å². The largest absolute Gasteiger partial charge is 0.462 e. The number of nitrogens with zero attached hydrogens (tertiary/aromatic N) is 5. The lowest BCUT2D eigenvalue weighted by molar-refractivity contribution is 0.0525. The molecule has 1 aliphatic heterocycles. The van der Waals surface area contributed by atoms with E-state index >= 15 is 0 Å². The summed E-state index contributed by atoms with van der Waals surface area (Å²) in [6.45, 7) is 8.35. The van der Waals surface area contributed by atoms with Crippen molar-refractivity contribution in [2.45, 2.75) is 20.8 Å². The molecule has 4 rings (SSSR count). The van der Waals surface area contributed by atoms with Gasteiger partial charge in [0, 0.05) is 45.0 Å². The minimum Gasteiger partial charge on any atom is -0.462 e. The van der Waals surface area contributed by atoms with E-state index in [9.17, 15) is 9.59 Å². The van der Waals surface area contributed by atoms with Gasteiger partial charge in [-0.25, -0.2) is 9.78 Å². The Morgan fingerprint density at radius 3 is 2.39 bits per heavy atom. The number of hydrogen-bond donors (Lipinski definition) is 0. The topological polar surface area (TPSA) is 80.6 Å². The summed E-state index contributed by atoms with van der Waals surface area (Å²) in [5.74, 6) is -0.365. The monoisotopic (exact) mass is 421 g/mol. The molecule has 1 aliphatic rings. The van der Waals surface area contributed by atoms with Crippen molar-refractivity contribution in [1.82, 2.24) is 19.7 Å². The van der Waals surface area contributed by atoms with E-state index in [-0.39, 0.29) is 5.91 Å². The summed E-state index contributed by atoms with van der Waals surface area (Å²) in [6.07, 6.45) is 1.57. The van der Waals surface area contributed by atoms with Crippen molar-refractivity contribution in [2.24, 2.45) is 7.05 Å². The lowest BCUT2D eigenvalue weighted by Crippen LogP contribution is -2.49. The van der Waals surface area contributed by atoms with Gasteiger partial charge in [0.15, 0.2) is 5.65 Å². The van der Waals surface area contributed by atoms with Crippen molar-refractivity contribution in [3.63, 3.8) is 0 Å². The molecule has 0 N–H and O–H groups in total. The molecule has 2 aromatic heterocycles. The van der Waals surface area contributed by atoms with E-state index in [1.165, 1.54) is 0 Å². The Bertz CT molecular complexity index is 1130. The van der Waals surface area contributed by atoms with Crippen molar-refractivity contribution in [3.05, 3.63) is 52.8 Å². The Kier molecular flexibility index (Phi) is 5.63. The molecule has 1 aromatic carbocycles. The number of aromatic nitrogens is 3. The van der Waals surface area contributed by atoms with Crippen molar-refractivity contribution in [1.29, 1.82) is 0 Å². The summed E-state index contributed by atoms with van der Waals surface area (Å²) < 4.78 is 7.01. The number of benzene rings is 1. The SMILES string of the molecule is CCOC(=O)c1cnc2c(c(C)nn2C)c1N1CCN(C(=O)c2ccc(C)cc2)CC1. The van der Waals surface area contributed by atoms with E-state index in [0.717, 1.165) is 28.0 Å². The summed E-state index contributed by atoms with van der Waals surface area (Å²) >= 11 is 0. The molecule has 1 fully saturated rings. The molecule has 162 valence electrons. The molecule has 0 saturated carbocycles. The number of pyridine rings is 1. The van der Waals surface area contributed by atoms with Crippen LogP contribution in [0.5, 0.6) is 0 Å². The van der Waals surface area contributed by atoms with E-state index in [1.807, 2.05) is 50.1 Å². The maximum absolute atomic E-state index is 12.9. The number of carbonyl (C=O) groups excluding carboxylic acids is 2. The van der Waals surface area contributed by atoms with Crippen LogP contribution >= 0.6 is 0 Å². The summed E-state index contributed by atoms with van der Waals surface area (Å²) in [5.41, 5.74) is 4.57. The lowest BCUT2D eigenvalue weighted by atomic mass is 10.1. The first-order valence-electron chi connectivity index (χ1n) is 10.5. The molecule has 0 bridgehead atoms. The molecule has 0 unspecified atom stereocenters. The molecular weight excluding hydrogens is 394 g/mol. The van der Waals surface area contributed by atoms with Gasteiger partial charge in [0.1, 0.15) is 5.56 Å². The second-order valence-electron chi connectivity index (χ2n) is 7.79. The standard InChI is InChI=1S/C23H27N5O3/c1-5-31-23(30)18-14-24-21-19(16(3)25-26(21)4)20(18)27-10-12-28(13-11-27)22(29)17-8-6-15(2)7-9-17/h6-9,14H,5,10-13H2,1-4H3. The molecule has 0 spiro atoms. The van der Waals surface area contributed by atoms with E-state index in [2.05, 4.69) is 15.0 Å². The number of ether oxygens (including phenoxy) is 1. The molecule has 1 saturated heterocycles. The number of hydrogen-bond acceptors (Lipinski definition) is 6. The highest BCUT2D eigenvalue weighted by Gasteiger charge is 2.29. The van der Waals surface area contributed by atoms with Crippen LogP contribution in [0.25, 0.3) is 11.0 Å². The third-order valence-electron chi connectivity index (χ3n) is 5.68. The van der Waals surface area contributed by atoms with Crippen molar-refractivity contribution < 1.29 is 14.3 Å². The van der Waals surface area contributed by atoms with Gasteiger partial charge in [-0.1, -0.05) is 17.7 Å². The van der Waals surface area contributed by atoms with Gasteiger partial charge in [0.25, 0.3) is 5.91 Å². The number of esters is 1. The third-order valence-corrected chi connectivity index (χ3v) is 5.68. The number of anilines is 1. The van der Waals surface area contributed by atoms with Gasteiger partial charge >= 0.3 is 5.97 Å². The van der Waals surface area contributed by atoms with Gasteiger partial charge in [0.05, 0.1) is 23.4 Å². The van der Waals surface area contributed by atoms with Gasteiger partial charge in [-0.3, -0.25) is 9.48 Å². The van der Waals surface area contributed by atoms with Crippen LogP contribution in [0.15, 0.2) is 30.5 Å². The fourth-order valence-corrected chi connectivity index (χ4v) is 4.09. The molecule has 8 nitrogen and oxygen atoms in total. The van der Waals surface area contributed by atoms with Crippen LogP contribution in [0.3, 0.4) is 0 Å². The summed E-state index contributed by atoms with van der Waals surface area (Å²) in [5, 5.41) is 5.35. The van der Waals surface area contributed by atoms with Crippen molar-refractivity contribution in [2.75, 3.05) is 37.7 Å². The van der Waals surface area contributed by atoms with Crippen LogP contribution in [0.4, 0.5) is 5.69 Å². The predicted octanol–water partition coefficient (Wildman–Crippen LogP) is 2.72. The van der Waals surface area contributed by atoms with Crippen molar-refractivity contribution in [3.8, 4) is 0 Å². The van der Waals surface area contributed by atoms with Crippen LogP contribution in [0.1, 0.15) is 38.9 Å². The molecule has 1 amide bonds. The number of fused-ring (bicyclic) bond motifs is 1. The van der Waals surface area contributed by atoms with Gasteiger partial charge in [-0.05, 0) is 32.9 Å². The Morgan fingerprint density at radius 1 is 1.06 bits per heavy atom. The zero-order valence-electron chi connectivity index (χ0n) is 18.4. The number of aryl methyl sites for hydroxylation is 3. The van der Waals surface area contributed by atoms with Crippen LogP contribution in [-0.2, 0) is 11.8 Å². The van der Waals surface area contributed by atoms with E-state index in [0.29, 0.717) is 43.9 Å². The van der Waals surface area contributed by atoms with Gasteiger partial charge < -0.3 is 14.5 Å². The fourth-order valence-electron chi connectivity index (χ4n) is 4.09. The predicted molar refractivity (Wildman–Crippen MR) is 118 cm³/mol. The normalized spacial score (nSPS) is 14.2. The Hall–Kier alpha value is -3.42. The van der Waals surface area contributed by atoms with E-state index in [4.69, 9.17) is 4.74 Å². The van der Waals surface area contributed by atoms with Crippen LogP contribution in [0, 0.1) is 13.8 Å². The lowest BCUT2D eigenvalue weighted by Gasteiger charge is -2.37. The highest BCUT2D eigenvalue weighted by molar-refractivity contribution is 6.05. The second-order valence-corrected chi connectivity index (χ2v) is 7.79. The Labute approximate surface area is 181 Å². The minimum absolute atomic E-state index is 0.0303. The average molecular weight is 422 g/mol. The molecular formula is C23H27N5O3. The molecule has 3 heterocycles. The first kappa shape index (κ1) is 20.8. The molecule has 8 heteroatoms. The number of rotatable bonds is 4. The number of amides is 1. The smallest absolute Gasteiger partial charge is 0.341 e. The van der Waals surface area contributed by atoms with Gasteiger partial charge in [-0.2, -0.15) is 5.10 Å². The third kappa shape index (κ3) is 3.85. The van der Waals surface area contributed by atoms with Crippen LogP contribution in [0.2, 0.25) is 0 Å². The zero-order chi connectivity index (χ0) is 22.1.